The van der Waals surface area contributed by atoms with Crippen molar-refractivity contribution < 1.29 is 8.42 Å². The van der Waals surface area contributed by atoms with Crippen LogP contribution in [0.15, 0.2) is 18.5 Å². The van der Waals surface area contributed by atoms with Crippen molar-refractivity contribution >= 4 is 9.84 Å². The van der Waals surface area contributed by atoms with Crippen molar-refractivity contribution in [3.63, 3.8) is 0 Å². The Morgan fingerprint density at radius 1 is 1.47 bits per heavy atom. The molecule has 1 N–H and O–H groups in total. The summed E-state index contributed by atoms with van der Waals surface area (Å²) >= 11 is 0. The Morgan fingerprint density at radius 3 is 2.76 bits per heavy atom. The highest BCUT2D eigenvalue weighted by molar-refractivity contribution is 7.91. The quantitative estimate of drug-likeness (QED) is 0.833. The summed E-state index contributed by atoms with van der Waals surface area (Å²) in [6.45, 7) is 6.23. The van der Waals surface area contributed by atoms with E-state index in [1.807, 2.05) is 26.1 Å². The van der Waals surface area contributed by atoms with E-state index in [9.17, 15) is 8.42 Å². The first-order valence-electron chi connectivity index (χ1n) is 5.78. The van der Waals surface area contributed by atoms with Gasteiger partial charge in [0.25, 0.3) is 0 Å². The summed E-state index contributed by atoms with van der Waals surface area (Å²) in [6.07, 6.45) is 3.56. The minimum absolute atomic E-state index is 0.0421. The van der Waals surface area contributed by atoms with E-state index in [0.717, 1.165) is 11.1 Å². The molecule has 0 spiro atoms. The lowest BCUT2D eigenvalue weighted by Gasteiger charge is -2.14. The maximum Gasteiger partial charge on any atom is 0.151 e. The Kier molecular flexibility index (Phi) is 5.08. The number of nitrogens with one attached hydrogen (secondary N) is 1. The molecule has 0 fully saturated rings. The van der Waals surface area contributed by atoms with Gasteiger partial charge in [-0.3, -0.25) is 4.98 Å². The highest BCUT2D eigenvalue weighted by atomic mass is 32.2. The van der Waals surface area contributed by atoms with E-state index in [1.165, 1.54) is 0 Å². The first kappa shape index (κ1) is 14.1. The van der Waals surface area contributed by atoms with Crippen molar-refractivity contribution in [1.82, 2.24) is 10.3 Å². The second-order valence-electron chi connectivity index (χ2n) is 4.28. The number of aromatic nitrogens is 1. The van der Waals surface area contributed by atoms with Gasteiger partial charge in [-0.15, -0.1) is 0 Å². The molecule has 0 aliphatic rings. The third-order valence-corrected chi connectivity index (χ3v) is 4.62. The van der Waals surface area contributed by atoms with Crippen molar-refractivity contribution in [3.8, 4) is 0 Å². The van der Waals surface area contributed by atoms with E-state index in [0.29, 0.717) is 6.54 Å². The molecule has 96 valence electrons. The molecule has 0 radical (unpaired) electrons. The van der Waals surface area contributed by atoms with Crippen LogP contribution in [0.1, 0.15) is 25.0 Å². The molecular formula is C12H20N2O2S. The van der Waals surface area contributed by atoms with Crippen molar-refractivity contribution in [2.75, 3.05) is 11.5 Å². The summed E-state index contributed by atoms with van der Waals surface area (Å²) in [6, 6.07) is 1.91. The molecule has 0 aromatic carbocycles. The first-order valence-corrected chi connectivity index (χ1v) is 7.60. The van der Waals surface area contributed by atoms with Gasteiger partial charge in [0.15, 0.2) is 9.84 Å². The third kappa shape index (κ3) is 4.83. The van der Waals surface area contributed by atoms with Gasteiger partial charge in [-0.05, 0) is 31.0 Å². The van der Waals surface area contributed by atoms with Gasteiger partial charge in [0, 0.05) is 30.7 Å². The van der Waals surface area contributed by atoms with Gasteiger partial charge in [0.2, 0.25) is 0 Å². The van der Waals surface area contributed by atoms with E-state index in [4.69, 9.17) is 0 Å². The van der Waals surface area contributed by atoms with Gasteiger partial charge in [-0.2, -0.15) is 0 Å². The van der Waals surface area contributed by atoms with E-state index < -0.39 is 9.84 Å². The second-order valence-corrected chi connectivity index (χ2v) is 6.68. The summed E-state index contributed by atoms with van der Waals surface area (Å²) < 4.78 is 22.9. The Morgan fingerprint density at radius 2 is 2.18 bits per heavy atom. The number of pyridine rings is 1. The van der Waals surface area contributed by atoms with Crippen LogP contribution < -0.4 is 5.32 Å². The SMILES string of the molecule is CCS(=O)(=O)CC(C)NCc1cnccc1C. The van der Waals surface area contributed by atoms with Crippen LogP contribution in [0, 0.1) is 6.92 Å². The third-order valence-electron chi connectivity index (χ3n) is 2.73. The average molecular weight is 256 g/mol. The Balaban J connectivity index is 2.49. The van der Waals surface area contributed by atoms with Crippen LogP contribution in [0.4, 0.5) is 0 Å². The van der Waals surface area contributed by atoms with E-state index in [-0.39, 0.29) is 17.5 Å². The molecule has 17 heavy (non-hydrogen) atoms. The standard InChI is InChI=1S/C12H20N2O2S/c1-4-17(15,16)9-11(3)14-8-12-7-13-6-5-10(12)2/h5-7,11,14H,4,8-9H2,1-3H3. The Bertz CT molecular complexity index is 457. The predicted octanol–water partition coefficient (Wildman–Crippen LogP) is 1.30. The Hall–Kier alpha value is -0.940. The molecule has 1 unspecified atom stereocenters. The Labute approximate surface area is 103 Å². The molecule has 5 heteroatoms. The highest BCUT2D eigenvalue weighted by Crippen LogP contribution is 2.05. The van der Waals surface area contributed by atoms with Crippen LogP contribution >= 0.6 is 0 Å². The highest BCUT2D eigenvalue weighted by Gasteiger charge is 2.13. The number of hydrogen-bond donors (Lipinski definition) is 1. The largest absolute Gasteiger partial charge is 0.309 e. The van der Waals surface area contributed by atoms with Gasteiger partial charge in [-0.25, -0.2) is 8.42 Å². The van der Waals surface area contributed by atoms with Crippen LogP contribution in [0.2, 0.25) is 0 Å². The lowest BCUT2D eigenvalue weighted by atomic mass is 10.1. The summed E-state index contributed by atoms with van der Waals surface area (Å²) in [4.78, 5) is 4.06. The fourth-order valence-corrected chi connectivity index (χ4v) is 2.64. The zero-order valence-electron chi connectivity index (χ0n) is 10.6. The van der Waals surface area contributed by atoms with Gasteiger partial charge in [-0.1, -0.05) is 6.92 Å². The van der Waals surface area contributed by atoms with Crippen LogP contribution in [0.3, 0.4) is 0 Å². The minimum atomic E-state index is -2.91. The number of aryl methyl sites for hydroxylation is 1. The zero-order chi connectivity index (χ0) is 12.9. The molecule has 0 aliphatic heterocycles. The molecule has 0 bridgehead atoms. The fourth-order valence-electron chi connectivity index (χ4n) is 1.52. The monoisotopic (exact) mass is 256 g/mol. The smallest absolute Gasteiger partial charge is 0.151 e. The second kappa shape index (κ2) is 6.12. The number of nitrogens with zero attached hydrogens (tertiary/aromatic N) is 1. The number of hydrogen-bond acceptors (Lipinski definition) is 4. The van der Waals surface area contributed by atoms with Crippen molar-refractivity contribution in [2.45, 2.75) is 33.4 Å². The van der Waals surface area contributed by atoms with Crippen molar-refractivity contribution in [3.05, 3.63) is 29.6 Å². The van der Waals surface area contributed by atoms with E-state index in [2.05, 4.69) is 10.3 Å². The topological polar surface area (TPSA) is 59.1 Å². The molecule has 1 aromatic heterocycles. The van der Waals surface area contributed by atoms with Crippen LogP contribution in [-0.4, -0.2) is 30.9 Å². The molecule has 0 saturated heterocycles. The molecular weight excluding hydrogens is 236 g/mol. The predicted molar refractivity (Wildman–Crippen MR) is 69.6 cm³/mol. The summed E-state index contributed by atoms with van der Waals surface area (Å²) in [7, 11) is -2.91. The minimum Gasteiger partial charge on any atom is -0.309 e. The molecule has 1 heterocycles. The lowest BCUT2D eigenvalue weighted by molar-refractivity contribution is 0.556. The molecule has 0 amide bonds. The van der Waals surface area contributed by atoms with Gasteiger partial charge >= 0.3 is 0 Å². The van der Waals surface area contributed by atoms with Crippen LogP contribution in [-0.2, 0) is 16.4 Å². The molecule has 1 atom stereocenters. The fraction of sp³-hybridized carbons (Fsp3) is 0.583. The summed E-state index contributed by atoms with van der Waals surface area (Å²) in [5.74, 6) is 0.383. The average Bonchev–Trinajstić information content (AvgIpc) is 2.27. The number of sulfone groups is 1. The maximum atomic E-state index is 11.4. The van der Waals surface area contributed by atoms with Crippen molar-refractivity contribution in [2.24, 2.45) is 0 Å². The number of rotatable bonds is 6. The first-order chi connectivity index (χ1) is 7.94. The molecule has 1 rings (SSSR count). The lowest BCUT2D eigenvalue weighted by Crippen LogP contribution is -2.33. The normalized spacial score (nSPS) is 13.6. The molecule has 1 aromatic rings. The van der Waals surface area contributed by atoms with Gasteiger partial charge in [0.05, 0.1) is 5.75 Å². The van der Waals surface area contributed by atoms with Crippen LogP contribution in [0.25, 0.3) is 0 Å². The van der Waals surface area contributed by atoms with Gasteiger partial charge < -0.3 is 5.32 Å². The molecule has 0 saturated carbocycles. The summed E-state index contributed by atoms with van der Waals surface area (Å²) in [5.41, 5.74) is 2.27. The zero-order valence-corrected chi connectivity index (χ0v) is 11.4. The van der Waals surface area contributed by atoms with Gasteiger partial charge in [0.1, 0.15) is 0 Å². The van der Waals surface area contributed by atoms with E-state index in [1.54, 1.807) is 13.1 Å². The van der Waals surface area contributed by atoms with Crippen LogP contribution in [0.5, 0.6) is 0 Å². The van der Waals surface area contributed by atoms with E-state index >= 15 is 0 Å². The maximum absolute atomic E-state index is 11.4. The van der Waals surface area contributed by atoms with Crippen molar-refractivity contribution in [1.29, 1.82) is 0 Å². The molecule has 0 aliphatic carbocycles. The summed E-state index contributed by atoms with van der Waals surface area (Å²) in [5, 5.41) is 3.21. The molecule has 4 nitrogen and oxygen atoms in total.